The van der Waals surface area contributed by atoms with Crippen molar-refractivity contribution in [2.45, 2.75) is 46.0 Å². The van der Waals surface area contributed by atoms with Crippen LogP contribution in [-0.4, -0.2) is 5.78 Å². The number of rotatable bonds is 4. The van der Waals surface area contributed by atoms with Crippen LogP contribution in [0.2, 0.25) is 5.02 Å². The van der Waals surface area contributed by atoms with E-state index in [-0.39, 0.29) is 5.78 Å². The lowest BCUT2D eigenvalue weighted by Crippen LogP contribution is -2.08. The molecule has 0 N–H and O–H groups in total. The van der Waals surface area contributed by atoms with Gasteiger partial charge in [0.25, 0.3) is 0 Å². The van der Waals surface area contributed by atoms with E-state index in [1.165, 1.54) is 23.3 Å². The van der Waals surface area contributed by atoms with Crippen molar-refractivity contribution in [2.75, 3.05) is 0 Å². The Hall–Kier alpha value is -1.38. The van der Waals surface area contributed by atoms with Gasteiger partial charge >= 0.3 is 0 Å². The van der Waals surface area contributed by atoms with Crippen LogP contribution in [0.15, 0.2) is 41.3 Å². The first-order valence-corrected chi connectivity index (χ1v) is 9.86. The van der Waals surface area contributed by atoms with Crippen molar-refractivity contribution in [1.29, 1.82) is 0 Å². The molecule has 3 rings (SSSR count). The van der Waals surface area contributed by atoms with E-state index in [0.29, 0.717) is 22.4 Å². The maximum atomic E-state index is 13.2. The van der Waals surface area contributed by atoms with Crippen molar-refractivity contribution in [3.8, 4) is 0 Å². The standard InChI is InChI=1S/C21H23ClOS/c1-4-6-15-11-13(2)19(18-9-10-24-21(18)14(15)3)20(23)16-7-5-8-17(22)12-16/h5,7-10,12,14-15H,4,6,11H2,1-3H3. The SMILES string of the molecule is CCCC1CC(C)=C(C(=O)c2cccc(Cl)c2)c2ccsc2C1C. The first-order chi connectivity index (χ1) is 11.5. The Morgan fingerprint density at radius 3 is 2.83 bits per heavy atom. The smallest absolute Gasteiger partial charge is 0.193 e. The third kappa shape index (κ3) is 3.22. The van der Waals surface area contributed by atoms with E-state index in [9.17, 15) is 4.79 Å². The van der Waals surface area contributed by atoms with Gasteiger partial charge in [0.1, 0.15) is 0 Å². The van der Waals surface area contributed by atoms with Crippen LogP contribution in [0.5, 0.6) is 0 Å². The zero-order valence-corrected chi connectivity index (χ0v) is 16.0. The largest absolute Gasteiger partial charge is 0.289 e. The summed E-state index contributed by atoms with van der Waals surface area (Å²) in [7, 11) is 0. The molecule has 1 aliphatic rings. The molecule has 2 aromatic rings. The van der Waals surface area contributed by atoms with E-state index in [4.69, 9.17) is 11.6 Å². The maximum Gasteiger partial charge on any atom is 0.193 e. The number of thiophene rings is 1. The number of halogens is 1. The number of hydrogen-bond donors (Lipinski definition) is 0. The summed E-state index contributed by atoms with van der Waals surface area (Å²) < 4.78 is 0. The number of benzene rings is 1. The number of carbonyl (C=O) groups is 1. The predicted octanol–water partition coefficient (Wildman–Crippen LogP) is 6.98. The predicted molar refractivity (Wildman–Crippen MR) is 104 cm³/mol. The van der Waals surface area contributed by atoms with E-state index in [0.717, 1.165) is 17.6 Å². The maximum absolute atomic E-state index is 13.2. The Morgan fingerprint density at radius 1 is 1.33 bits per heavy atom. The summed E-state index contributed by atoms with van der Waals surface area (Å²) in [5.41, 5.74) is 3.91. The fraction of sp³-hybridized carbons (Fsp3) is 0.381. The molecule has 2 unspecified atom stereocenters. The highest BCUT2D eigenvalue weighted by Crippen LogP contribution is 2.45. The number of fused-ring (bicyclic) bond motifs is 1. The summed E-state index contributed by atoms with van der Waals surface area (Å²) >= 11 is 7.88. The van der Waals surface area contributed by atoms with E-state index in [2.05, 4.69) is 32.2 Å². The molecule has 1 heterocycles. The molecule has 0 radical (unpaired) electrons. The van der Waals surface area contributed by atoms with Gasteiger partial charge in [0.05, 0.1) is 0 Å². The number of hydrogen-bond acceptors (Lipinski definition) is 2. The number of carbonyl (C=O) groups excluding carboxylic acids is 1. The van der Waals surface area contributed by atoms with Gasteiger partial charge in [-0.05, 0) is 60.7 Å². The summed E-state index contributed by atoms with van der Waals surface area (Å²) in [6, 6.07) is 9.40. The van der Waals surface area contributed by atoms with Crippen LogP contribution in [0.4, 0.5) is 0 Å². The van der Waals surface area contributed by atoms with Crippen LogP contribution in [0, 0.1) is 5.92 Å². The molecule has 1 aliphatic carbocycles. The van der Waals surface area contributed by atoms with Crippen LogP contribution in [0.1, 0.15) is 66.8 Å². The molecule has 126 valence electrons. The quantitative estimate of drug-likeness (QED) is 0.538. The molecule has 24 heavy (non-hydrogen) atoms. The minimum absolute atomic E-state index is 0.0963. The van der Waals surface area contributed by atoms with Crippen molar-refractivity contribution >= 4 is 34.3 Å². The van der Waals surface area contributed by atoms with Gasteiger partial charge in [-0.25, -0.2) is 0 Å². The molecule has 0 aliphatic heterocycles. The first kappa shape index (κ1) is 17.4. The van der Waals surface area contributed by atoms with E-state index in [1.54, 1.807) is 17.4 Å². The average molecular weight is 359 g/mol. The second-order valence-corrected chi connectivity index (χ2v) is 8.12. The molecule has 0 spiro atoms. The molecule has 3 heteroatoms. The molecule has 0 amide bonds. The normalized spacial score (nSPS) is 20.7. The Labute approximate surface area is 153 Å². The second-order valence-electron chi connectivity index (χ2n) is 6.73. The van der Waals surface area contributed by atoms with Crippen LogP contribution in [0.25, 0.3) is 5.57 Å². The van der Waals surface area contributed by atoms with Crippen molar-refractivity contribution in [3.63, 3.8) is 0 Å². The molecule has 0 fully saturated rings. The van der Waals surface area contributed by atoms with Gasteiger partial charge < -0.3 is 0 Å². The minimum Gasteiger partial charge on any atom is -0.289 e. The van der Waals surface area contributed by atoms with Gasteiger partial charge in [-0.15, -0.1) is 11.3 Å². The second kappa shape index (κ2) is 7.25. The highest BCUT2D eigenvalue weighted by atomic mass is 35.5. The van der Waals surface area contributed by atoms with Gasteiger partial charge in [0, 0.05) is 21.0 Å². The molecule has 0 bridgehead atoms. The summed E-state index contributed by atoms with van der Waals surface area (Å²) in [6.07, 6.45) is 3.38. The Morgan fingerprint density at radius 2 is 2.12 bits per heavy atom. The highest BCUT2D eigenvalue weighted by molar-refractivity contribution is 7.10. The number of allylic oxidation sites excluding steroid dienone is 2. The summed E-state index contributed by atoms with van der Waals surface area (Å²) in [5, 5.41) is 2.73. The van der Waals surface area contributed by atoms with Crippen molar-refractivity contribution in [2.24, 2.45) is 5.92 Å². The fourth-order valence-corrected chi connectivity index (χ4v) is 5.05. The summed E-state index contributed by atoms with van der Waals surface area (Å²) in [6.45, 7) is 6.68. The van der Waals surface area contributed by atoms with Gasteiger partial charge in [-0.1, -0.05) is 49.6 Å². The summed E-state index contributed by atoms with van der Waals surface area (Å²) in [5.74, 6) is 1.20. The average Bonchev–Trinajstić information content (AvgIpc) is 2.99. The highest BCUT2D eigenvalue weighted by Gasteiger charge is 2.31. The number of ketones is 1. The van der Waals surface area contributed by atoms with E-state index in [1.807, 2.05) is 18.2 Å². The zero-order chi connectivity index (χ0) is 17.3. The lowest BCUT2D eigenvalue weighted by atomic mass is 9.85. The van der Waals surface area contributed by atoms with Gasteiger partial charge in [-0.3, -0.25) is 4.79 Å². The van der Waals surface area contributed by atoms with Gasteiger partial charge in [0.2, 0.25) is 0 Å². The van der Waals surface area contributed by atoms with Crippen molar-refractivity contribution < 1.29 is 4.79 Å². The topological polar surface area (TPSA) is 17.1 Å². The Balaban J connectivity index is 2.10. The van der Waals surface area contributed by atoms with Crippen molar-refractivity contribution in [3.05, 3.63) is 62.3 Å². The van der Waals surface area contributed by atoms with Crippen molar-refractivity contribution in [1.82, 2.24) is 0 Å². The van der Waals surface area contributed by atoms with Crippen LogP contribution < -0.4 is 0 Å². The van der Waals surface area contributed by atoms with Crippen LogP contribution in [-0.2, 0) is 0 Å². The molecular formula is C21H23ClOS. The van der Waals surface area contributed by atoms with E-state index < -0.39 is 0 Å². The molecule has 1 aromatic heterocycles. The molecule has 0 saturated heterocycles. The Kier molecular flexibility index (Phi) is 5.27. The van der Waals surface area contributed by atoms with Crippen LogP contribution >= 0.6 is 22.9 Å². The Bertz CT molecular complexity index is 787. The summed E-state index contributed by atoms with van der Waals surface area (Å²) in [4.78, 5) is 14.6. The first-order valence-electron chi connectivity index (χ1n) is 8.60. The van der Waals surface area contributed by atoms with E-state index >= 15 is 0 Å². The van der Waals surface area contributed by atoms with Crippen LogP contribution in [0.3, 0.4) is 0 Å². The number of Topliss-reactive ketones (excluding diaryl/α,β-unsaturated/α-hetero) is 1. The minimum atomic E-state index is 0.0963. The monoisotopic (exact) mass is 358 g/mol. The molecule has 0 saturated carbocycles. The molecule has 2 atom stereocenters. The fourth-order valence-electron chi connectivity index (χ4n) is 3.81. The van der Waals surface area contributed by atoms with Gasteiger partial charge in [0.15, 0.2) is 5.78 Å². The third-order valence-electron chi connectivity index (χ3n) is 5.05. The molecular weight excluding hydrogens is 336 g/mol. The third-order valence-corrected chi connectivity index (χ3v) is 6.41. The lowest BCUT2D eigenvalue weighted by Gasteiger charge is -2.21. The lowest BCUT2D eigenvalue weighted by molar-refractivity contribution is 0.105. The molecule has 1 aromatic carbocycles. The zero-order valence-electron chi connectivity index (χ0n) is 14.4. The molecule has 1 nitrogen and oxygen atoms in total. The van der Waals surface area contributed by atoms with Gasteiger partial charge in [-0.2, -0.15) is 0 Å².